The molecule has 0 aromatic heterocycles. The van der Waals surface area contributed by atoms with Crippen LogP contribution in [0.4, 0.5) is 5.69 Å². The van der Waals surface area contributed by atoms with E-state index in [0.717, 1.165) is 0 Å². The number of aromatic hydroxyl groups is 1. The molecular formula is C12H7Br2NO2. The van der Waals surface area contributed by atoms with Gasteiger partial charge in [-0.2, -0.15) is 0 Å². The fourth-order valence-electron chi connectivity index (χ4n) is 1.29. The quantitative estimate of drug-likeness (QED) is 0.780. The Hall–Kier alpha value is -1.20. The van der Waals surface area contributed by atoms with E-state index in [9.17, 15) is 9.90 Å². The highest BCUT2D eigenvalue weighted by Gasteiger charge is 2.06. The zero-order valence-electron chi connectivity index (χ0n) is 8.52. The Bertz CT molecular complexity index is 533. The van der Waals surface area contributed by atoms with Crippen molar-refractivity contribution in [2.45, 2.75) is 0 Å². The van der Waals surface area contributed by atoms with Gasteiger partial charge in [-0.25, -0.2) is 4.99 Å². The van der Waals surface area contributed by atoms with E-state index in [4.69, 9.17) is 0 Å². The van der Waals surface area contributed by atoms with Gasteiger partial charge in [0.25, 0.3) is 0 Å². The molecule has 0 unspecified atom stereocenters. The number of halogens is 2. The molecule has 0 aliphatic heterocycles. The van der Waals surface area contributed by atoms with Gasteiger partial charge in [-0.3, -0.25) is 4.79 Å². The van der Waals surface area contributed by atoms with Gasteiger partial charge < -0.3 is 5.11 Å². The van der Waals surface area contributed by atoms with Gasteiger partial charge >= 0.3 is 0 Å². The maximum absolute atomic E-state index is 10.9. The Morgan fingerprint density at radius 2 is 1.53 bits per heavy atom. The first-order valence-electron chi connectivity index (χ1n) is 4.73. The van der Waals surface area contributed by atoms with Crippen molar-refractivity contribution in [3.05, 3.63) is 45.4 Å². The Morgan fingerprint density at radius 1 is 1.00 bits per heavy atom. The van der Waals surface area contributed by atoms with Crippen molar-refractivity contribution in [3.63, 3.8) is 0 Å². The fourth-order valence-corrected chi connectivity index (χ4v) is 2.45. The first kappa shape index (κ1) is 12.3. The number of rotatable bonds is 1. The van der Waals surface area contributed by atoms with Gasteiger partial charge in [-0.05, 0) is 68.3 Å². The molecule has 1 aromatic rings. The third-order valence-corrected chi connectivity index (χ3v) is 3.31. The molecule has 1 aliphatic carbocycles. The van der Waals surface area contributed by atoms with Crippen LogP contribution in [-0.4, -0.2) is 16.6 Å². The molecule has 1 N–H and O–H groups in total. The molecule has 86 valence electrons. The normalized spacial score (nSPS) is 14.2. The standard InChI is InChI=1S/C12H7Br2NO2/c13-10-5-8(6-11(14)12(10)17)15-7-1-3-9(16)4-2-7/h1-6,17H. The van der Waals surface area contributed by atoms with Crippen LogP contribution in [0.25, 0.3) is 0 Å². The molecular weight excluding hydrogens is 350 g/mol. The smallest absolute Gasteiger partial charge is 0.178 e. The van der Waals surface area contributed by atoms with Crippen molar-refractivity contribution in [1.82, 2.24) is 0 Å². The summed E-state index contributed by atoms with van der Waals surface area (Å²) >= 11 is 6.46. The van der Waals surface area contributed by atoms with Crippen molar-refractivity contribution in [2.75, 3.05) is 0 Å². The number of hydrogen-bond acceptors (Lipinski definition) is 3. The van der Waals surface area contributed by atoms with E-state index in [1.54, 1.807) is 24.3 Å². The first-order valence-corrected chi connectivity index (χ1v) is 6.31. The number of phenolic OH excluding ortho intramolecular Hbond substituents is 1. The summed E-state index contributed by atoms with van der Waals surface area (Å²) in [5, 5.41) is 9.56. The molecule has 0 heterocycles. The van der Waals surface area contributed by atoms with Crippen LogP contribution in [0.3, 0.4) is 0 Å². The lowest BCUT2D eigenvalue weighted by molar-refractivity contribution is -0.110. The van der Waals surface area contributed by atoms with Crippen LogP contribution >= 0.6 is 31.9 Å². The zero-order chi connectivity index (χ0) is 12.4. The van der Waals surface area contributed by atoms with Gasteiger partial charge in [-0.15, -0.1) is 0 Å². The average molecular weight is 357 g/mol. The molecule has 3 nitrogen and oxygen atoms in total. The highest BCUT2D eigenvalue weighted by Crippen LogP contribution is 2.36. The van der Waals surface area contributed by atoms with Gasteiger partial charge in [-0.1, -0.05) is 0 Å². The number of carbonyl (C=O) groups excluding carboxylic acids is 1. The molecule has 0 spiro atoms. The molecule has 0 radical (unpaired) electrons. The molecule has 0 amide bonds. The van der Waals surface area contributed by atoms with Crippen LogP contribution in [0, 0.1) is 0 Å². The van der Waals surface area contributed by atoms with Crippen molar-refractivity contribution < 1.29 is 9.90 Å². The molecule has 2 rings (SSSR count). The third kappa shape index (κ3) is 2.92. The molecule has 17 heavy (non-hydrogen) atoms. The Kier molecular flexibility index (Phi) is 3.59. The lowest BCUT2D eigenvalue weighted by Gasteiger charge is -2.03. The molecule has 0 atom stereocenters. The van der Waals surface area contributed by atoms with Crippen molar-refractivity contribution in [2.24, 2.45) is 4.99 Å². The summed E-state index contributed by atoms with van der Waals surface area (Å²) in [6.45, 7) is 0. The maximum Gasteiger partial charge on any atom is 0.178 e. The number of nitrogens with zero attached hydrogens (tertiary/aromatic N) is 1. The lowest BCUT2D eigenvalue weighted by atomic mass is 10.1. The van der Waals surface area contributed by atoms with Crippen LogP contribution in [0.5, 0.6) is 5.75 Å². The second-order valence-electron chi connectivity index (χ2n) is 3.36. The van der Waals surface area contributed by atoms with Gasteiger partial charge in [0.2, 0.25) is 0 Å². The van der Waals surface area contributed by atoms with E-state index in [-0.39, 0.29) is 11.5 Å². The summed E-state index contributed by atoms with van der Waals surface area (Å²) in [5.74, 6) is 0.0934. The Balaban J connectivity index is 2.37. The SMILES string of the molecule is O=C1C=CC(=Nc2cc(Br)c(O)c(Br)c2)C=C1. The van der Waals surface area contributed by atoms with E-state index in [1.165, 1.54) is 12.2 Å². The molecule has 1 aliphatic rings. The molecule has 0 saturated heterocycles. The second-order valence-corrected chi connectivity index (χ2v) is 5.07. The van der Waals surface area contributed by atoms with E-state index < -0.39 is 0 Å². The van der Waals surface area contributed by atoms with Crippen molar-refractivity contribution in [3.8, 4) is 5.75 Å². The minimum absolute atomic E-state index is 0.0444. The highest BCUT2D eigenvalue weighted by atomic mass is 79.9. The van der Waals surface area contributed by atoms with Gasteiger partial charge in [0.05, 0.1) is 20.3 Å². The predicted octanol–water partition coefficient (Wildman–Crippen LogP) is 3.68. The van der Waals surface area contributed by atoms with Crippen LogP contribution in [-0.2, 0) is 4.79 Å². The Labute approximate surface area is 115 Å². The van der Waals surface area contributed by atoms with E-state index in [0.29, 0.717) is 20.3 Å². The lowest BCUT2D eigenvalue weighted by Crippen LogP contribution is -1.98. The number of carbonyl (C=O) groups is 1. The monoisotopic (exact) mass is 355 g/mol. The minimum Gasteiger partial charge on any atom is -0.506 e. The van der Waals surface area contributed by atoms with Crippen LogP contribution in [0.1, 0.15) is 0 Å². The number of hydrogen-bond donors (Lipinski definition) is 1. The van der Waals surface area contributed by atoms with Crippen LogP contribution in [0.2, 0.25) is 0 Å². The highest BCUT2D eigenvalue weighted by molar-refractivity contribution is 9.11. The fraction of sp³-hybridized carbons (Fsp3) is 0. The van der Waals surface area contributed by atoms with Gasteiger partial charge in [0.1, 0.15) is 5.75 Å². The molecule has 0 fully saturated rings. The van der Waals surface area contributed by atoms with Gasteiger partial charge in [0, 0.05) is 0 Å². The first-order chi connectivity index (χ1) is 8.06. The number of ketones is 1. The van der Waals surface area contributed by atoms with E-state index in [2.05, 4.69) is 36.9 Å². The number of phenols is 1. The van der Waals surface area contributed by atoms with Crippen LogP contribution < -0.4 is 0 Å². The summed E-state index contributed by atoms with van der Waals surface area (Å²) in [7, 11) is 0. The van der Waals surface area contributed by atoms with E-state index >= 15 is 0 Å². The molecule has 1 aromatic carbocycles. The number of aliphatic imine (C=N–C) groups is 1. The minimum atomic E-state index is -0.0444. The largest absolute Gasteiger partial charge is 0.506 e. The van der Waals surface area contributed by atoms with E-state index in [1.807, 2.05) is 0 Å². The predicted molar refractivity (Wildman–Crippen MR) is 73.9 cm³/mol. The van der Waals surface area contributed by atoms with Crippen molar-refractivity contribution in [1.29, 1.82) is 0 Å². The number of benzene rings is 1. The summed E-state index contributed by atoms with van der Waals surface area (Å²) in [6, 6.07) is 3.40. The molecule has 0 saturated carbocycles. The number of allylic oxidation sites excluding steroid dienone is 4. The average Bonchev–Trinajstić information content (AvgIpc) is 2.29. The van der Waals surface area contributed by atoms with Crippen molar-refractivity contribution >= 4 is 49.0 Å². The third-order valence-electron chi connectivity index (χ3n) is 2.10. The summed E-state index contributed by atoms with van der Waals surface area (Å²) < 4.78 is 1.12. The molecule has 5 heteroatoms. The second kappa shape index (κ2) is 4.98. The van der Waals surface area contributed by atoms with Crippen LogP contribution in [0.15, 0.2) is 50.4 Å². The summed E-state index contributed by atoms with van der Waals surface area (Å²) in [4.78, 5) is 15.3. The van der Waals surface area contributed by atoms with Gasteiger partial charge in [0.15, 0.2) is 5.78 Å². The summed E-state index contributed by atoms with van der Waals surface area (Å²) in [5.41, 5.74) is 1.37. The molecule has 0 bridgehead atoms. The maximum atomic E-state index is 10.9. The summed E-state index contributed by atoms with van der Waals surface area (Å²) in [6.07, 6.45) is 6.22. The zero-order valence-corrected chi connectivity index (χ0v) is 11.7. The topological polar surface area (TPSA) is 49.7 Å². The Morgan fingerprint density at radius 3 is 2.06 bits per heavy atom.